The van der Waals surface area contributed by atoms with Crippen molar-refractivity contribution < 1.29 is 19.2 Å². The third-order valence-corrected chi connectivity index (χ3v) is 6.22. The van der Waals surface area contributed by atoms with Crippen LogP contribution in [0.2, 0.25) is 0 Å². The fraction of sp³-hybridized carbons (Fsp3) is 0.276. The van der Waals surface area contributed by atoms with E-state index in [2.05, 4.69) is 36.6 Å². The molecule has 0 amide bonds. The van der Waals surface area contributed by atoms with Crippen LogP contribution in [0, 0.1) is 12.3 Å². The molecule has 1 aliphatic rings. The SMILES string of the molecule is CC(=O)O/N=C1\COc2c1ccc1c2c2cc(C(=O)c3ccccc3C)ccc2n1CC(C)(C)C. The minimum atomic E-state index is -0.479. The van der Waals surface area contributed by atoms with E-state index in [-0.39, 0.29) is 17.8 Å². The molecule has 6 nitrogen and oxygen atoms in total. The molecule has 5 rings (SSSR count). The zero-order valence-corrected chi connectivity index (χ0v) is 20.6. The van der Waals surface area contributed by atoms with Crippen molar-refractivity contribution in [3.63, 3.8) is 0 Å². The maximum absolute atomic E-state index is 13.4. The van der Waals surface area contributed by atoms with Gasteiger partial charge >= 0.3 is 5.97 Å². The van der Waals surface area contributed by atoms with Crippen molar-refractivity contribution in [3.8, 4) is 5.75 Å². The van der Waals surface area contributed by atoms with E-state index in [9.17, 15) is 9.59 Å². The number of fused-ring (bicyclic) bond motifs is 5. The Hall–Kier alpha value is -3.93. The van der Waals surface area contributed by atoms with Crippen molar-refractivity contribution in [3.05, 3.63) is 76.9 Å². The zero-order chi connectivity index (χ0) is 24.9. The van der Waals surface area contributed by atoms with Crippen LogP contribution in [0.15, 0.2) is 59.8 Å². The zero-order valence-electron chi connectivity index (χ0n) is 20.6. The summed E-state index contributed by atoms with van der Waals surface area (Å²) in [6, 6.07) is 17.6. The van der Waals surface area contributed by atoms with Gasteiger partial charge < -0.3 is 14.1 Å². The lowest BCUT2D eigenvalue weighted by atomic mass is 9.96. The maximum atomic E-state index is 13.4. The van der Waals surface area contributed by atoms with Crippen molar-refractivity contribution in [1.29, 1.82) is 0 Å². The van der Waals surface area contributed by atoms with Crippen molar-refractivity contribution in [2.24, 2.45) is 10.6 Å². The molecule has 0 saturated carbocycles. The monoisotopic (exact) mass is 468 g/mol. The molecule has 0 fully saturated rings. The number of hydrogen-bond acceptors (Lipinski definition) is 5. The van der Waals surface area contributed by atoms with Gasteiger partial charge in [-0.3, -0.25) is 4.79 Å². The van der Waals surface area contributed by atoms with Crippen LogP contribution in [0.4, 0.5) is 0 Å². The van der Waals surface area contributed by atoms with Gasteiger partial charge in [0.1, 0.15) is 18.1 Å². The number of ether oxygens (including phenoxy) is 1. The summed E-state index contributed by atoms with van der Waals surface area (Å²) in [5.74, 6) is 0.215. The maximum Gasteiger partial charge on any atom is 0.331 e. The minimum absolute atomic E-state index is 0.00711. The van der Waals surface area contributed by atoms with Gasteiger partial charge in [-0.15, -0.1) is 0 Å². The highest BCUT2D eigenvalue weighted by atomic mass is 16.7. The lowest BCUT2D eigenvalue weighted by Crippen LogP contribution is -2.15. The van der Waals surface area contributed by atoms with Crippen molar-refractivity contribution in [2.75, 3.05) is 6.61 Å². The van der Waals surface area contributed by atoms with Gasteiger partial charge in [-0.05, 0) is 48.2 Å². The molecular formula is C29H28N2O4. The molecule has 1 aliphatic heterocycles. The van der Waals surface area contributed by atoms with Crippen LogP contribution < -0.4 is 4.74 Å². The Balaban J connectivity index is 1.75. The Morgan fingerprint density at radius 3 is 2.51 bits per heavy atom. The number of rotatable bonds is 4. The number of benzene rings is 3. The molecule has 0 radical (unpaired) electrons. The molecule has 178 valence electrons. The van der Waals surface area contributed by atoms with E-state index < -0.39 is 5.97 Å². The highest BCUT2D eigenvalue weighted by Gasteiger charge is 2.28. The number of oxime groups is 1. The number of hydrogen-bond donors (Lipinski definition) is 0. The number of carbonyl (C=O) groups is 2. The molecule has 0 N–H and O–H groups in total. The molecule has 0 saturated heterocycles. The fourth-order valence-electron chi connectivity index (χ4n) is 4.72. The summed E-state index contributed by atoms with van der Waals surface area (Å²) in [6.45, 7) is 10.9. The molecular weight excluding hydrogens is 440 g/mol. The Morgan fingerprint density at radius 2 is 1.80 bits per heavy atom. The summed E-state index contributed by atoms with van der Waals surface area (Å²) in [5, 5.41) is 5.89. The number of ketones is 1. The number of aryl methyl sites for hydroxylation is 1. The Kier molecular flexibility index (Phi) is 5.47. The summed E-state index contributed by atoms with van der Waals surface area (Å²) < 4.78 is 8.38. The quantitative estimate of drug-likeness (QED) is 0.208. The largest absolute Gasteiger partial charge is 0.486 e. The lowest BCUT2D eigenvalue weighted by molar-refractivity contribution is -0.140. The third-order valence-electron chi connectivity index (χ3n) is 6.22. The average molecular weight is 469 g/mol. The van der Waals surface area contributed by atoms with Crippen LogP contribution in [-0.2, 0) is 16.2 Å². The normalized spacial score (nSPS) is 14.4. The Labute approximate surface area is 204 Å². The van der Waals surface area contributed by atoms with Gasteiger partial charge in [0, 0.05) is 41.1 Å². The second kappa shape index (κ2) is 8.38. The molecule has 1 aromatic heterocycles. The van der Waals surface area contributed by atoms with Gasteiger partial charge in [0.05, 0.1) is 10.9 Å². The Bertz CT molecular complexity index is 1540. The number of carbonyl (C=O) groups excluding carboxylic acids is 2. The first kappa shape index (κ1) is 22.8. The van der Waals surface area contributed by atoms with E-state index in [1.54, 1.807) is 0 Å². The third kappa shape index (κ3) is 4.09. The topological polar surface area (TPSA) is 69.9 Å². The second-order valence-corrected chi connectivity index (χ2v) is 10.3. The summed E-state index contributed by atoms with van der Waals surface area (Å²) in [5.41, 5.74) is 5.75. The molecule has 2 heterocycles. The van der Waals surface area contributed by atoms with E-state index >= 15 is 0 Å². The summed E-state index contributed by atoms with van der Waals surface area (Å²) >= 11 is 0. The van der Waals surface area contributed by atoms with E-state index in [1.807, 2.05) is 55.5 Å². The van der Waals surface area contributed by atoms with Gasteiger partial charge in [0.25, 0.3) is 0 Å². The number of nitrogens with zero attached hydrogens (tertiary/aromatic N) is 2. The molecule has 0 atom stereocenters. The van der Waals surface area contributed by atoms with Gasteiger partial charge in [-0.2, -0.15) is 0 Å². The van der Waals surface area contributed by atoms with E-state index in [0.717, 1.165) is 39.5 Å². The standard InChI is InChI=1S/C29H28N2O4/c1-17-8-6-7-9-20(17)27(33)19-10-12-24-22(14-19)26-25(31(24)16-29(3,4)5)13-11-21-23(15-34-28(21)26)30-35-18(2)32/h6-14H,15-16H2,1-5H3/b30-23+. The van der Waals surface area contributed by atoms with Crippen LogP contribution in [0.25, 0.3) is 21.8 Å². The second-order valence-electron chi connectivity index (χ2n) is 10.3. The average Bonchev–Trinajstić information content (AvgIpc) is 3.35. The first-order chi connectivity index (χ1) is 16.6. The van der Waals surface area contributed by atoms with E-state index in [0.29, 0.717) is 22.6 Å². The number of aromatic nitrogens is 1. The molecule has 0 aliphatic carbocycles. The van der Waals surface area contributed by atoms with Crippen molar-refractivity contribution >= 4 is 39.3 Å². The summed E-state index contributed by atoms with van der Waals surface area (Å²) in [4.78, 5) is 29.6. The Morgan fingerprint density at radius 1 is 1.06 bits per heavy atom. The molecule has 4 aromatic rings. The predicted molar refractivity (Wildman–Crippen MR) is 137 cm³/mol. The predicted octanol–water partition coefficient (Wildman–Crippen LogP) is 6.04. The van der Waals surface area contributed by atoms with Gasteiger partial charge in [-0.25, -0.2) is 4.79 Å². The van der Waals surface area contributed by atoms with Crippen LogP contribution >= 0.6 is 0 Å². The van der Waals surface area contributed by atoms with Crippen LogP contribution in [0.3, 0.4) is 0 Å². The van der Waals surface area contributed by atoms with Crippen molar-refractivity contribution in [1.82, 2.24) is 4.57 Å². The first-order valence-corrected chi connectivity index (χ1v) is 11.7. The highest BCUT2D eigenvalue weighted by Crippen LogP contribution is 2.42. The summed E-state index contributed by atoms with van der Waals surface area (Å²) in [6.07, 6.45) is 0. The molecule has 0 spiro atoms. The van der Waals surface area contributed by atoms with Gasteiger partial charge in [0.2, 0.25) is 0 Å². The minimum Gasteiger partial charge on any atom is -0.486 e. The smallest absolute Gasteiger partial charge is 0.331 e. The molecule has 35 heavy (non-hydrogen) atoms. The fourth-order valence-corrected chi connectivity index (χ4v) is 4.72. The van der Waals surface area contributed by atoms with E-state index in [1.165, 1.54) is 6.92 Å². The molecule has 3 aromatic carbocycles. The summed E-state index contributed by atoms with van der Waals surface area (Å²) in [7, 11) is 0. The van der Waals surface area contributed by atoms with Crippen LogP contribution in [0.5, 0.6) is 5.75 Å². The van der Waals surface area contributed by atoms with Crippen LogP contribution in [-0.4, -0.2) is 28.6 Å². The lowest BCUT2D eigenvalue weighted by Gasteiger charge is -2.21. The van der Waals surface area contributed by atoms with Gasteiger partial charge in [-0.1, -0.05) is 50.2 Å². The van der Waals surface area contributed by atoms with Crippen LogP contribution in [0.1, 0.15) is 54.7 Å². The highest BCUT2D eigenvalue weighted by molar-refractivity contribution is 6.20. The molecule has 6 heteroatoms. The van der Waals surface area contributed by atoms with Crippen molar-refractivity contribution in [2.45, 2.75) is 41.2 Å². The van der Waals surface area contributed by atoms with Gasteiger partial charge in [0.15, 0.2) is 5.78 Å². The first-order valence-electron chi connectivity index (χ1n) is 11.7. The molecule has 0 bridgehead atoms. The van der Waals surface area contributed by atoms with E-state index in [4.69, 9.17) is 9.57 Å². The molecule has 0 unspecified atom stereocenters.